The molecule has 0 radical (unpaired) electrons. The Hall–Kier alpha value is 0.440. The van der Waals surface area contributed by atoms with E-state index >= 15 is 0 Å². The lowest BCUT2D eigenvalue weighted by Crippen LogP contribution is -1.89. The van der Waals surface area contributed by atoms with Crippen LogP contribution in [-0.2, 0) is 0 Å². The van der Waals surface area contributed by atoms with Gasteiger partial charge in [0.1, 0.15) is 0 Å². The molecule has 0 aliphatic rings. The normalized spacial score (nSPS) is 10.7. The van der Waals surface area contributed by atoms with Crippen molar-refractivity contribution in [2.75, 3.05) is 7.11 Å². The minimum Gasteiger partial charge on any atom is -0.494 e. The van der Waals surface area contributed by atoms with Gasteiger partial charge in [-0.1, -0.05) is 0 Å². The van der Waals surface area contributed by atoms with Crippen LogP contribution in [0.3, 0.4) is 0 Å². The Balaban J connectivity index is 2.87. The fraction of sp³-hybridized carbons (Fsp3) is 0.111. The van der Waals surface area contributed by atoms with Crippen LogP contribution >= 0.6 is 56.5 Å². The van der Waals surface area contributed by atoms with Gasteiger partial charge in [-0.15, -0.1) is 11.3 Å². The first-order valence-electron chi connectivity index (χ1n) is 3.63. The smallest absolute Gasteiger partial charge is 0.151 e. The van der Waals surface area contributed by atoms with E-state index in [4.69, 9.17) is 4.74 Å². The predicted molar refractivity (Wildman–Crippen MR) is 73.8 cm³/mol. The highest BCUT2D eigenvalue weighted by Crippen LogP contribution is 2.37. The summed E-state index contributed by atoms with van der Waals surface area (Å²) in [7, 11) is 1.73. The Morgan fingerprint density at radius 2 is 2.15 bits per heavy atom. The van der Waals surface area contributed by atoms with Crippen molar-refractivity contribution >= 4 is 66.6 Å². The average molecular weight is 416 g/mol. The molecule has 0 amide bonds. The zero-order valence-corrected chi connectivity index (χ0v) is 11.9. The van der Waals surface area contributed by atoms with Crippen LogP contribution < -0.4 is 4.74 Å². The van der Waals surface area contributed by atoms with E-state index in [1.165, 1.54) is 17.2 Å². The Morgan fingerprint density at radius 3 is 2.85 bits per heavy atom. The maximum absolute atomic E-state index is 5.40. The Kier molecular flexibility index (Phi) is 2.99. The van der Waals surface area contributed by atoms with Gasteiger partial charge in [0.25, 0.3) is 0 Å². The lowest BCUT2D eigenvalue weighted by atomic mass is 10.2. The van der Waals surface area contributed by atoms with Gasteiger partial charge in [0.2, 0.25) is 0 Å². The molecule has 2 rings (SSSR count). The fourth-order valence-corrected chi connectivity index (χ4v) is 3.52. The number of thiophene rings is 1. The SMILES string of the molecule is COc1c(I)c(I)cc2ccsc12. The van der Waals surface area contributed by atoms with Crippen LogP contribution in [0.15, 0.2) is 17.5 Å². The third-order valence-electron chi connectivity index (χ3n) is 1.80. The number of rotatable bonds is 1. The molecule has 68 valence electrons. The van der Waals surface area contributed by atoms with E-state index in [0.29, 0.717) is 0 Å². The van der Waals surface area contributed by atoms with Crippen LogP contribution in [0.25, 0.3) is 10.1 Å². The van der Waals surface area contributed by atoms with Crippen LogP contribution in [0, 0.1) is 7.14 Å². The number of methoxy groups -OCH3 is 1. The summed E-state index contributed by atoms with van der Waals surface area (Å²) in [5, 5.41) is 3.37. The third kappa shape index (κ3) is 1.68. The molecular formula is C9H6I2OS. The fourth-order valence-electron chi connectivity index (χ4n) is 1.21. The standard InChI is InChI=1S/C9H6I2OS/c1-12-8-7(11)6(10)4-5-2-3-13-9(5)8/h2-4H,1H3. The molecule has 1 aromatic carbocycles. The predicted octanol–water partition coefficient (Wildman–Crippen LogP) is 4.12. The second-order valence-corrected chi connectivity index (χ2v) is 5.70. The van der Waals surface area contributed by atoms with Gasteiger partial charge in [-0.05, 0) is 68.1 Å². The summed E-state index contributed by atoms with van der Waals surface area (Å²) in [6.45, 7) is 0. The Labute approximate surface area is 108 Å². The van der Waals surface area contributed by atoms with Gasteiger partial charge in [0.05, 0.1) is 15.4 Å². The number of hydrogen-bond donors (Lipinski definition) is 0. The lowest BCUT2D eigenvalue weighted by Gasteiger charge is -2.06. The average Bonchev–Trinajstić information content (AvgIpc) is 2.54. The number of halogens is 2. The molecule has 0 spiro atoms. The Morgan fingerprint density at radius 1 is 1.38 bits per heavy atom. The first kappa shape index (κ1) is 9.97. The monoisotopic (exact) mass is 416 g/mol. The molecule has 0 atom stereocenters. The van der Waals surface area contributed by atoms with Gasteiger partial charge < -0.3 is 4.74 Å². The molecule has 0 aliphatic carbocycles. The number of benzene rings is 1. The van der Waals surface area contributed by atoms with Crippen molar-refractivity contribution in [1.82, 2.24) is 0 Å². The van der Waals surface area contributed by atoms with Gasteiger partial charge in [0.15, 0.2) is 5.75 Å². The molecule has 1 aromatic heterocycles. The molecule has 2 aromatic rings. The molecule has 0 fully saturated rings. The molecule has 0 N–H and O–H groups in total. The number of fused-ring (bicyclic) bond motifs is 1. The zero-order chi connectivity index (χ0) is 9.42. The minimum absolute atomic E-state index is 1.01. The summed E-state index contributed by atoms with van der Waals surface area (Å²) in [6, 6.07) is 4.32. The van der Waals surface area contributed by atoms with Crippen molar-refractivity contribution in [3.63, 3.8) is 0 Å². The van der Waals surface area contributed by atoms with Crippen molar-refractivity contribution in [2.45, 2.75) is 0 Å². The maximum Gasteiger partial charge on any atom is 0.151 e. The quantitative estimate of drug-likeness (QED) is 0.636. The highest BCUT2D eigenvalue weighted by Gasteiger charge is 2.10. The highest BCUT2D eigenvalue weighted by molar-refractivity contribution is 14.1. The maximum atomic E-state index is 5.40. The molecule has 1 nitrogen and oxygen atoms in total. The summed E-state index contributed by atoms with van der Waals surface area (Å²) >= 11 is 6.39. The van der Waals surface area contributed by atoms with Crippen molar-refractivity contribution in [1.29, 1.82) is 0 Å². The second-order valence-electron chi connectivity index (χ2n) is 2.54. The summed E-state index contributed by atoms with van der Waals surface area (Å²) in [5.74, 6) is 1.01. The van der Waals surface area contributed by atoms with Gasteiger partial charge in [-0.3, -0.25) is 0 Å². The van der Waals surface area contributed by atoms with E-state index in [9.17, 15) is 0 Å². The topological polar surface area (TPSA) is 9.23 Å². The molecule has 0 unspecified atom stereocenters. The molecular weight excluding hydrogens is 410 g/mol. The third-order valence-corrected chi connectivity index (χ3v) is 5.68. The first-order chi connectivity index (χ1) is 6.24. The molecule has 4 heteroatoms. The van der Waals surface area contributed by atoms with Crippen LogP contribution in [0.4, 0.5) is 0 Å². The van der Waals surface area contributed by atoms with E-state index in [1.807, 2.05) is 0 Å². The summed E-state index contributed by atoms with van der Waals surface area (Å²) < 4.78 is 9.09. The van der Waals surface area contributed by atoms with Crippen LogP contribution in [0.1, 0.15) is 0 Å². The highest BCUT2D eigenvalue weighted by atomic mass is 127. The molecule has 0 saturated heterocycles. The van der Waals surface area contributed by atoms with Crippen LogP contribution in [-0.4, -0.2) is 7.11 Å². The van der Waals surface area contributed by atoms with Gasteiger partial charge >= 0.3 is 0 Å². The van der Waals surface area contributed by atoms with E-state index in [2.05, 4.69) is 62.7 Å². The largest absolute Gasteiger partial charge is 0.494 e. The molecule has 1 heterocycles. The van der Waals surface area contributed by atoms with Crippen molar-refractivity contribution in [2.24, 2.45) is 0 Å². The van der Waals surface area contributed by atoms with Crippen molar-refractivity contribution in [3.8, 4) is 5.75 Å². The van der Waals surface area contributed by atoms with E-state index in [1.54, 1.807) is 18.4 Å². The molecule has 0 saturated carbocycles. The van der Waals surface area contributed by atoms with Gasteiger partial charge in [-0.25, -0.2) is 0 Å². The number of ether oxygens (including phenoxy) is 1. The second kappa shape index (κ2) is 3.90. The van der Waals surface area contributed by atoms with Crippen molar-refractivity contribution in [3.05, 3.63) is 24.7 Å². The molecule has 0 aliphatic heterocycles. The minimum atomic E-state index is 1.01. The van der Waals surface area contributed by atoms with Crippen molar-refractivity contribution < 1.29 is 4.74 Å². The van der Waals surface area contributed by atoms with Gasteiger partial charge in [-0.2, -0.15) is 0 Å². The number of hydrogen-bond acceptors (Lipinski definition) is 2. The van der Waals surface area contributed by atoms with E-state index < -0.39 is 0 Å². The van der Waals surface area contributed by atoms with Crippen LogP contribution in [0.2, 0.25) is 0 Å². The van der Waals surface area contributed by atoms with E-state index in [0.717, 1.165) is 5.75 Å². The van der Waals surface area contributed by atoms with E-state index in [-0.39, 0.29) is 0 Å². The first-order valence-corrected chi connectivity index (χ1v) is 6.67. The Bertz CT molecular complexity index is 450. The molecule has 13 heavy (non-hydrogen) atoms. The van der Waals surface area contributed by atoms with Crippen LogP contribution in [0.5, 0.6) is 5.75 Å². The molecule has 0 bridgehead atoms. The zero-order valence-electron chi connectivity index (χ0n) is 6.80. The lowest BCUT2D eigenvalue weighted by molar-refractivity contribution is 0.417. The van der Waals surface area contributed by atoms with Gasteiger partial charge in [0, 0.05) is 3.57 Å². The summed E-state index contributed by atoms with van der Waals surface area (Å²) in [6.07, 6.45) is 0. The summed E-state index contributed by atoms with van der Waals surface area (Å²) in [4.78, 5) is 0. The summed E-state index contributed by atoms with van der Waals surface area (Å²) in [5.41, 5.74) is 0.